The lowest BCUT2D eigenvalue weighted by atomic mass is 10.2. The van der Waals surface area contributed by atoms with Crippen LogP contribution in [0.1, 0.15) is 5.56 Å². The molecule has 0 heterocycles. The predicted molar refractivity (Wildman–Crippen MR) is 107 cm³/mol. The number of sulfonamides is 1. The van der Waals surface area contributed by atoms with Gasteiger partial charge in [0.25, 0.3) is 10.0 Å². The fraction of sp³-hybridized carbons (Fsp3) is 0.0500. The number of hydrogen-bond donors (Lipinski definition) is 1. The van der Waals surface area contributed by atoms with Gasteiger partial charge < -0.3 is 9.47 Å². The average Bonchev–Trinajstić information content (AvgIpc) is 2.69. The predicted octanol–water partition coefficient (Wildman–Crippen LogP) is 5.41. The monoisotopic (exact) mass is 450 g/mol. The Balaban J connectivity index is 1.74. The Morgan fingerprint density at radius 2 is 1.60 bits per heavy atom. The van der Waals surface area contributed by atoms with Crippen molar-refractivity contribution in [3.05, 3.63) is 77.3 Å². The number of hydrogen-bond acceptors (Lipinski definition) is 5. The van der Waals surface area contributed by atoms with Crippen molar-refractivity contribution in [1.82, 2.24) is 0 Å². The van der Waals surface area contributed by atoms with E-state index in [-0.39, 0.29) is 32.7 Å². The molecule has 0 saturated heterocycles. The second kappa shape index (κ2) is 8.98. The first-order valence-corrected chi connectivity index (χ1v) is 10.2. The Morgan fingerprint density at radius 3 is 2.20 bits per heavy atom. The number of anilines is 1. The number of nitrogens with one attached hydrogen (secondary N) is 1. The molecule has 0 atom stereocenters. The minimum absolute atomic E-state index is 0.0469. The minimum Gasteiger partial charge on any atom is -0.456 e. The molecule has 0 aromatic heterocycles. The molecule has 154 valence electrons. The quantitative estimate of drug-likeness (QED) is 0.520. The van der Waals surface area contributed by atoms with Crippen molar-refractivity contribution in [3.8, 4) is 23.3 Å². The summed E-state index contributed by atoms with van der Waals surface area (Å²) in [6, 6.07) is 17.2. The van der Waals surface area contributed by atoms with Gasteiger partial charge in [0.1, 0.15) is 28.9 Å². The van der Waals surface area contributed by atoms with Gasteiger partial charge in [-0.25, -0.2) is 8.42 Å². The number of halogens is 3. The average molecular weight is 451 g/mol. The zero-order valence-electron chi connectivity index (χ0n) is 15.1. The molecule has 0 aliphatic heterocycles. The third-order valence-corrected chi connectivity index (χ3v) is 5.49. The van der Waals surface area contributed by atoms with Gasteiger partial charge in [0.15, 0.2) is 0 Å². The lowest BCUT2D eigenvalue weighted by Gasteiger charge is -2.11. The molecule has 10 heteroatoms. The normalized spacial score (nSPS) is 11.0. The van der Waals surface area contributed by atoms with Gasteiger partial charge in [0.05, 0.1) is 9.92 Å². The van der Waals surface area contributed by atoms with E-state index in [0.29, 0.717) is 5.75 Å². The highest BCUT2D eigenvalue weighted by Crippen LogP contribution is 2.30. The van der Waals surface area contributed by atoms with Crippen LogP contribution in [0.4, 0.5) is 14.5 Å². The van der Waals surface area contributed by atoms with E-state index in [1.165, 1.54) is 48.5 Å². The van der Waals surface area contributed by atoms with Crippen molar-refractivity contribution in [2.45, 2.75) is 11.5 Å². The molecule has 3 aromatic carbocycles. The van der Waals surface area contributed by atoms with Crippen molar-refractivity contribution < 1.29 is 26.7 Å². The first-order valence-electron chi connectivity index (χ1n) is 8.33. The Kier molecular flexibility index (Phi) is 6.40. The summed E-state index contributed by atoms with van der Waals surface area (Å²) >= 11 is 5.96. The fourth-order valence-corrected chi connectivity index (χ4v) is 3.70. The van der Waals surface area contributed by atoms with Gasteiger partial charge in [-0.2, -0.15) is 14.0 Å². The van der Waals surface area contributed by atoms with E-state index >= 15 is 0 Å². The van der Waals surface area contributed by atoms with Gasteiger partial charge in [0, 0.05) is 5.69 Å². The van der Waals surface area contributed by atoms with Crippen LogP contribution in [0.15, 0.2) is 71.6 Å². The molecule has 0 saturated carbocycles. The van der Waals surface area contributed by atoms with Gasteiger partial charge in [-0.05, 0) is 60.7 Å². The Hall–Kier alpha value is -3.35. The molecule has 3 aromatic rings. The summed E-state index contributed by atoms with van der Waals surface area (Å²) in [4.78, 5) is -0.0469. The summed E-state index contributed by atoms with van der Waals surface area (Å²) in [7, 11) is -3.93. The van der Waals surface area contributed by atoms with E-state index in [1.807, 2.05) is 6.07 Å². The maximum absolute atomic E-state index is 12.5. The highest BCUT2D eigenvalue weighted by Gasteiger charge is 2.15. The van der Waals surface area contributed by atoms with Crippen molar-refractivity contribution >= 4 is 27.3 Å². The highest BCUT2D eigenvalue weighted by atomic mass is 35.5. The molecule has 0 amide bonds. The molecule has 0 bridgehead atoms. The zero-order chi connectivity index (χ0) is 21.7. The van der Waals surface area contributed by atoms with Gasteiger partial charge in [-0.3, -0.25) is 4.72 Å². The molecule has 3 rings (SSSR count). The summed E-state index contributed by atoms with van der Waals surface area (Å²) in [5, 5.41) is 9.42. The van der Waals surface area contributed by atoms with Crippen LogP contribution in [-0.2, 0) is 10.0 Å². The van der Waals surface area contributed by atoms with Crippen molar-refractivity contribution in [2.24, 2.45) is 0 Å². The minimum atomic E-state index is -3.93. The number of nitriles is 1. The number of alkyl halides is 2. The molecule has 0 aliphatic carbocycles. The van der Waals surface area contributed by atoms with Crippen LogP contribution in [0.3, 0.4) is 0 Å². The maximum atomic E-state index is 12.5. The second-order valence-corrected chi connectivity index (χ2v) is 7.90. The van der Waals surface area contributed by atoms with Gasteiger partial charge in [0.2, 0.25) is 0 Å². The topological polar surface area (TPSA) is 88.4 Å². The van der Waals surface area contributed by atoms with Crippen molar-refractivity contribution in [1.29, 1.82) is 5.26 Å². The third-order valence-electron chi connectivity index (χ3n) is 3.78. The second-order valence-electron chi connectivity index (χ2n) is 5.81. The number of nitrogens with zero attached hydrogens (tertiary/aromatic N) is 1. The molecule has 0 aliphatic rings. The lowest BCUT2D eigenvalue weighted by Crippen LogP contribution is -2.12. The third kappa shape index (κ3) is 5.17. The molecule has 0 unspecified atom stereocenters. The summed E-state index contributed by atoms with van der Waals surface area (Å²) in [6.07, 6.45) is 0. The van der Waals surface area contributed by atoms with E-state index in [0.717, 1.165) is 0 Å². The number of benzene rings is 3. The Morgan fingerprint density at radius 1 is 0.967 bits per heavy atom. The van der Waals surface area contributed by atoms with Crippen LogP contribution in [-0.4, -0.2) is 15.0 Å². The van der Waals surface area contributed by atoms with E-state index < -0.39 is 16.6 Å². The van der Waals surface area contributed by atoms with Crippen LogP contribution >= 0.6 is 11.6 Å². The summed E-state index contributed by atoms with van der Waals surface area (Å²) in [5.41, 5.74) is 0.339. The first-order chi connectivity index (χ1) is 14.3. The molecule has 1 N–H and O–H groups in total. The largest absolute Gasteiger partial charge is 0.456 e. The molecular weight excluding hydrogens is 438 g/mol. The summed E-state index contributed by atoms with van der Waals surface area (Å²) in [6.45, 7) is -2.97. The molecule has 0 radical (unpaired) electrons. The number of ether oxygens (including phenoxy) is 2. The summed E-state index contributed by atoms with van der Waals surface area (Å²) < 4.78 is 61.6. The van der Waals surface area contributed by atoms with Crippen LogP contribution in [0.2, 0.25) is 5.02 Å². The zero-order valence-corrected chi connectivity index (χ0v) is 16.6. The first kappa shape index (κ1) is 21.4. The molecule has 0 spiro atoms. The van der Waals surface area contributed by atoms with E-state index in [2.05, 4.69) is 9.46 Å². The molecule has 0 fully saturated rings. The summed E-state index contributed by atoms with van der Waals surface area (Å²) in [5.74, 6) is 0.457. The standard InChI is InChI=1S/C20H13ClF2N2O4S/c21-18-2-1-3-19(17(18)12-24)28-14-8-10-16(11-9-14)30(26,27)25-13-4-6-15(7-5-13)29-20(22)23/h1-11,20,25H. The van der Waals surface area contributed by atoms with Crippen LogP contribution in [0, 0.1) is 11.3 Å². The number of rotatable bonds is 7. The van der Waals surface area contributed by atoms with Gasteiger partial charge in [-0.15, -0.1) is 0 Å². The Labute approximate surface area is 176 Å². The van der Waals surface area contributed by atoms with Crippen molar-refractivity contribution in [3.63, 3.8) is 0 Å². The fourth-order valence-electron chi connectivity index (χ4n) is 2.43. The van der Waals surface area contributed by atoms with Gasteiger partial charge >= 0.3 is 6.61 Å². The van der Waals surface area contributed by atoms with Crippen molar-refractivity contribution in [2.75, 3.05) is 4.72 Å². The molecule has 6 nitrogen and oxygen atoms in total. The SMILES string of the molecule is N#Cc1c(Cl)cccc1Oc1ccc(S(=O)(=O)Nc2ccc(OC(F)F)cc2)cc1. The van der Waals surface area contributed by atoms with Gasteiger partial charge in [-0.1, -0.05) is 17.7 Å². The van der Waals surface area contributed by atoms with E-state index in [1.54, 1.807) is 18.2 Å². The molecule has 30 heavy (non-hydrogen) atoms. The Bertz CT molecular complexity index is 1180. The van der Waals surface area contributed by atoms with Crippen LogP contribution in [0.5, 0.6) is 17.2 Å². The maximum Gasteiger partial charge on any atom is 0.387 e. The molecular formula is C20H13ClF2N2O4S. The smallest absolute Gasteiger partial charge is 0.387 e. The lowest BCUT2D eigenvalue weighted by molar-refractivity contribution is -0.0498. The highest BCUT2D eigenvalue weighted by molar-refractivity contribution is 7.92. The van der Waals surface area contributed by atoms with Crippen LogP contribution in [0.25, 0.3) is 0 Å². The van der Waals surface area contributed by atoms with Crippen LogP contribution < -0.4 is 14.2 Å². The van der Waals surface area contributed by atoms with E-state index in [4.69, 9.17) is 16.3 Å². The van der Waals surface area contributed by atoms with E-state index in [9.17, 15) is 22.5 Å².